The van der Waals surface area contributed by atoms with E-state index in [0.29, 0.717) is 5.56 Å². The van der Waals surface area contributed by atoms with E-state index in [1.165, 1.54) is 5.56 Å². The Bertz CT molecular complexity index is 897. The van der Waals surface area contributed by atoms with Gasteiger partial charge in [-0.2, -0.15) is 5.26 Å². The van der Waals surface area contributed by atoms with Crippen molar-refractivity contribution in [1.29, 1.82) is 5.26 Å². The molecule has 0 radical (unpaired) electrons. The van der Waals surface area contributed by atoms with Crippen LogP contribution in [-0.2, 0) is 6.42 Å². The average molecular weight is 303 g/mol. The minimum atomic E-state index is 0.522. The van der Waals surface area contributed by atoms with Crippen LogP contribution in [0.3, 0.4) is 0 Å². The van der Waals surface area contributed by atoms with Crippen molar-refractivity contribution in [2.45, 2.75) is 13.3 Å². The van der Waals surface area contributed by atoms with Crippen molar-refractivity contribution < 1.29 is 4.74 Å². The molecule has 0 atom stereocenters. The fourth-order valence-electron chi connectivity index (χ4n) is 2.52. The third kappa shape index (κ3) is 2.95. The number of methoxy groups -OCH3 is 1. The van der Waals surface area contributed by atoms with Gasteiger partial charge in [0.05, 0.1) is 23.9 Å². The highest BCUT2D eigenvalue weighted by Gasteiger charge is 2.10. The van der Waals surface area contributed by atoms with Crippen LogP contribution in [0, 0.1) is 11.3 Å². The normalized spacial score (nSPS) is 10.3. The minimum Gasteiger partial charge on any atom is -0.497 e. The van der Waals surface area contributed by atoms with Crippen molar-refractivity contribution in [1.82, 2.24) is 4.98 Å². The first-order valence-corrected chi connectivity index (χ1v) is 7.48. The molecule has 4 heteroatoms. The lowest BCUT2D eigenvalue weighted by molar-refractivity contribution is 0.415. The zero-order valence-corrected chi connectivity index (χ0v) is 13.1. The fourth-order valence-corrected chi connectivity index (χ4v) is 2.52. The van der Waals surface area contributed by atoms with Crippen molar-refractivity contribution in [3.63, 3.8) is 0 Å². The van der Waals surface area contributed by atoms with E-state index in [0.717, 1.165) is 34.4 Å². The van der Waals surface area contributed by atoms with Crippen molar-refractivity contribution in [3.05, 3.63) is 59.8 Å². The summed E-state index contributed by atoms with van der Waals surface area (Å²) < 4.78 is 5.26. The summed E-state index contributed by atoms with van der Waals surface area (Å²) in [7, 11) is 1.63. The number of aromatic nitrogens is 1. The van der Waals surface area contributed by atoms with Crippen LogP contribution in [-0.4, -0.2) is 12.1 Å². The van der Waals surface area contributed by atoms with Crippen molar-refractivity contribution in [2.75, 3.05) is 12.4 Å². The number of fused-ring (bicyclic) bond motifs is 1. The van der Waals surface area contributed by atoms with Crippen LogP contribution >= 0.6 is 0 Å². The summed E-state index contributed by atoms with van der Waals surface area (Å²) in [5.74, 6) is 0.765. The molecule has 1 aromatic heterocycles. The summed E-state index contributed by atoms with van der Waals surface area (Å²) in [5.41, 5.74) is 4.25. The van der Waals surface area contributed by atoms with Gasteiger partial charge in [-0.25, -0.2) is 0 Å². The molecular weight excluding hydrogens is 286 g/mol. The number of benzene rings is 2. The summed E-state index contributed by atoms with van der Waals surface area (Å²) in [5, 5.41) is 13.7. The maximum absolute atomic E-state index is 9.43. The Kier molecular flexibility index (Phi) is 4.11. The van der Waals surface area contributed by atoms with E-state index in [4.69, 9.17) is 4.74 Å². The molecule has 23 heavy (non-hydrogen) atoms. The molecular formula is C19H17N3O. The molecule has 2 aromatic carbocycles. The predicted molar refractivity (Wildman–Crippen MR) is 92.1 cm³/mol. The van der Waals surface area contributed by atoms with Gasteiger partial charge in [0.2, 0.25) is 0 Å². The summed E-state index contributed by atoms with van der Waals surface area (Å²) in [6.07, 6.45) is 2.54. The van der Waals surface area contributed by atoms with Gasteiger partial charge in [0.1, 0.15) is 11.8 Å². The Morgan fingerprint density at radius 1 is 1.22 bits per heavy atom. The molecule has 0 fully saturated rings. The number of hydrogen-bond acceptors (Lipinski definition) is 4. The Morgan fingerprint density at radius 3 is 2.83 bits per heavy atom. The Hall–Kier alpha value is -3.06. The number of hydrogen-bond donors (Lipinski definition) is 1. The molecule has 0 aliphatic rings. The maximum Gasteiger partial charge on any atom is 0.120 e. The number of ether oxygens (including phenoxy) is 1. The maximum atomic E-state index is 9.43. The SMILES string of the molecule is CCc1ccc2ncc(C#N)c(Nc3cccc(OC)c3)c2c1. The summed E-state index contributed by atoms with van der Waals surface area (Å²) in [4.78, 5) is 4.38. The van der Waals surface area contributed by atoms with Crippen LogP contribution in [0.1, 0.15) is 18.1 Å². The third-order valence-electron chi connectivity index (χ3n) is 3.80. The zero-order valence-electron chi connectivity index (χ0n) is 13.1. The second-order valence-electron chi connectivity index (χ2n) is 5.22. The van der Waals surface area contributed by atoms with Crippen LogP contribution in [0.25, 0.3) is 10.9 Å². The lowest BCUT2D eigenvalue weighted by Crippen LogP contribution is -1.98. The smallest absolute Gasteiger partial charge is 0.120 e. The minimum absolute atomic E-state index is 0.522. The molecule has 0 aliphatic heterocycles. The van der Waals surface area contributed by atoms with Crippen LogP contribution < -0.4 is 10.1 Å². The molecule has 0 spiro atoms. The Labute approximate surface area is 135 Å². The molecule has 0 aliphatic carbocycles. The molecule has 3 rings (SSSR count). The van der Waals surface area contributed by atoms with Crippen LogP contribution in [0.2, 0.25) is 0 Å². The first kappa shape index (κ1) is 14.9. The topological polar surface area (TPSA) is 57.9 Å². The number of nitrogens with zero attached hydrogens (tertiary/aromatic N) is 2. The first-order valence-electron chi connectivity index (χ1n) is 7.48. The quantitative estimate of drug-likeness (QED) is 0.775. The molecule has 4 nitrogen and oxygen atoms in total. The molecule has 0 saturated carbocycles. The van der Waals surface area contributed by atoms with Gasteiger partial charge in [-0.05, 0) is 36.2 Å². The molecule has 1 heterocycles. The lowest BCUT2D eigenvalue weighted by atomic mass is 10.1. The molecule has 0 unspecified atom stereocenters. The van der Waals surface area contributed by atoms with Gasteiger partial charge < -0.3 is 10.1 Å². The fraction of sp³-hybridized carbons (Fsp3) is 0.158. The number of rotatable bonds is 4. The van der Waals surface area contributed by atoms with Gasteiger partial charge in [-0.1, -0.05) is 19.1 Å². The molecule has 0 bridgehead atoms. The second-order valence-corrected chi connectivity index (χ2v) is 5.22. The number of nitrogens with one attached hydrogen (secondary N) is 1. The number of pyridine rings is 1. The molecule has 0 amide bonds. The van der Waals surface area contributed by atoms with Gasteiger partial charge in [0.25, 0.3) is 0 Å². The highest BCUT2D eigenvalue weighted by atomic mass is 16.5. The third-order valence-corrected chi connectivity index (χ3v) is 3.80. The number of aryl methyl sites for hydroxylation is 1. The largest absolute Gasteiger partial charge is 0.497 e. The van der Waals surface area contributed by atoms with Crippen molar-refractivity contribution >= 4 is 22.3 Å². The standard InChI is InChI=1S/C19H17N3O/c1-3-13-7-8-18-17(9-13)19(14(11-20)12-21-18)22-15-5-4-6-16(10-15)23-2/h4-10,12H,3H2,1-2H3,(H,21,22). The monoisotopic (exact) mass is 303 g/mol. The van der Waals surface area contributed by atoms with Gasteiger partial charge >= 0.3 is 0 Å². The number of nitriles is 1. The second kappa shape index (κ2) is 6.37. The van der Waals surface area contributed by atoms with Gasteiger partial charge in [0.15, 0.2) is 0 Å². The number of anilines is 2. The van der Waals surface area contributed by atoms with Crippen LogP contribution in [0.15, 0.2) is 48.7 Å². The van der Waals surface area contributed by atoms with E-state index in [2.05, 4.69) is 35.4 Å². The van der Waals surface area contributed by atoms with E-state index >= 15 is 0 Å². The summed E-state index contributed by atoms with van der Waals surface area (Å²) in [6.45, 7) is 2.11. The van der Waals surface area contributed by atoms with E-state index in [-0.39, 0.29) is 0 Å². The zero-order chi connectivity index (χ0) is 16.2. The lowest BCUT2D eigenvalue weighted by Gasteiger charge is -2.13. The molecule has 1 N–H and O–H groups in total. The summed E-state index contributed by atoms with van der Waals surface area (Å²) in [6, 6.07) is 16.0. The van der Waals surface area contributed by atoms with E-state index in [1.807, 2.05) is 30.3 Å². The van der Waals surface area contributed by atoms with E-state index in [1.54, 1.807) is 13.3 Å². The van der Waals surface area contributed by atoms with Gasteiger partial charge in [-0.15, -0.1) is 0 Å². The predicted octanol–water partition coefficient (Wildman–Crippen LogP) is 4.42. The first-order chi connectivity index (χ1) is 11.2. The van der Waals surface area contributed by atoms with Gasteiger partial charge in [0, 0.05) is 23.3 Å². The highest BCUT2D eigenvalue weighted by Crippen LogP contribution is 2.30. The molecule has 3 aromatic rings. The van der Waals surface area contributed by atoms with Crippen LogP contribution in [0.4, 0.5) is 11.4 Å². The van der Waals surface area contributed by atoms with Gasteiger partial charge in [-0.3, -0.25) is 4.98 Å². The molecule has 0 saturated heterocycles. The van der Waals surface area contributed by atoms with Crippen LogP contribution in [0.5, 0.6) is 5.75 Å². The van der Waals surface area contributed by atoms with Crippen molar-refractivity contribution in [3.8, 4) is 11.8 Å². The van der Waals surface area contributed by atoms with E-state index in [9.17, 15) is 5.26 Å². The molecule has 114 valence electrons. The van der Waals surface area contributed by atoms with E-state index < -0.39 is 0 Å². The van der Waals surface area contributed by atoms with Crippen molar-refractivity contribution in [2.24, 2.45) is 0 Å². The highest BCUT2D eigenvalue weighted by molar-refractivity contribution is 5.96. The summed E-state index contributed by atoms with van der Waals surface area (Å²) >= 11 is 0. The average Bonchev–Trinajstić information content (AvgIpc) is 2.61. The Morgan fingerprint density at radius 2 is 2.09 bits per heavy atom. The Balaban J connectivity index is 2.15.